The smallest absolute Gasteiger partial charge is 0.242 e. The molecule has 4 saturated carbocycles. The van der Waals surface area contributed by atoms with Crippen molar-refractivity contribution in [1.29, 1.82) is 0 Å². The molecule has 0 saturated heterocycles. The minimum Gasteiger partial charge on any atom is -0.360 e. The molecule has 5 heteroatoms. The Bertz CT molecular complexity index is 589. The van der Waals surface area contributed by atoms with Crippen molar-refractivity contribution >= 4 is 11.7 Å². The molecule has 4 aliphatic rings. The number of anilines is 1. The summed E-state index contributed by atoms with van der Waals surface area (Å²) >= 11 is 0. The first-order valence-corrected chi connectivity index (χ1v) is 9.37. The fourth-order valence-corrected chi connectivity index (χ4v) is 6.01. The number of nitrogens with zero attached hydrogens (tertiary/aromatic N) is 2. The van der Waals surface area contributed by atoms with Gasteiger partial charge in [0.1, 0.15) is 5.76 Å². The summed E-state index contributed by atoms with van der Waals surface area (Å²) in [6, 6.07) is 1.60. The highest BCUT2D eigenvalue weighted by Crippen LogP contribution is 2.60. The number of aromatic nitrogens is 1. The van der Waals surface area contributed by atoms with Crippen molar-refractivity contribution in [3.63, 3.8) is 0 Å². The molecule has 0 unspecified atom stereocenters. The summed E-state index contributed by atoms with van der Waals surface area (Å²) in [4.78, 5) is 14.8. The van der Waals surface area contributed by atoms with Gasteiger partial charge in [0.15, 0.2) is 5.82 Å². The molecule has 5 rings (SSSR count). The van der Waals surface area contributed by atoms with E-state index in [0.717, 1.165) is 24.3 Å². The van der Waals surface area contributed by atoms with Crippen LogP contribution in [0.1, 0.15) is 51.2 Å². The molecule has 0 radical (unpaired) electrons. The van der Waals surface area contributed by atoms with E-state index >= 15 is 0 Å². The van der Waals surface area contributed by atoms with Crippen LogP contribution >= 0.6 is 0 Å². The maximum Gasteiger partial charge on any atom is 0.242 e. The van der Waals surface area contributed by atoms with Crippen LogP contribution in [0.15, 0.2) is 10.6 Å². The molecular weight excluding hydrogens is 302 g/mol. The molecule has 1 atom stereocenters. The monoisotopic (exact) mass is 331 g/mol. The van der Waals surface area contributed by atoms with Gasteiger partial charge in [-0.15, -0.1) is 0 Å². The minimum absolute atomic E-state index is 0.00414. The maximum absolute atomic E-state index is 12.5. The van der Waals surface area contributed by atoms with Gasteiger partial charge in [0, 0.05) is 12.6 Å². The van der Waals surface area contributed by atoms with Crippen molar-refractivity contribution < 1.29 is 9.32 Å². The fourth-order valence-electron chi connectivity index (χ4n) is 6.01. The molecule has 1 N–H and O–H groups in total. The molecule has 132 valence electrons. The van der Waals surface area contributed by atoms with Crippen LogP contribution in [-0.4, -0.2) is 35.6 Å². The lowest BCUT2D eigenvalue weighted by atomic mass is 9.49. The standard InChI is InChI=1S/C19H29N3O2/c1-12-4-17(21-24-12)20-18(23)13(2)22(3)11-19-8-14-5-15(9-19)7-16(6-14)10-19/h4,13-16H,5-11H2,1-3H3,(H,20,21,23)/t13-,14?,15?,16?,19?/m0/s1. The molecule has 1 aromatic rings. The zero-order chi connectivity index (χ0) is 16.9. The van der Waals surface area contributed by atoms with Crippen molar-refractivity contribution in [2.75, 3.05) is 18.9 Å². The molecule has 4 bridgehead atoms. The van der Waals surface area contributed by atoms with Gasteiger partial charge in [-0.05, 0) is 82.6 Å². The van der Waals surface area contributed by atoms with E-state index in [2.05, 4.69) is 22.4 Å². The van der Waals surface area contributed by atoms with Crippen molar-refractivity contribution in [1.82, 2.24) is 10.1 Å². The van der Waals surface area contributed by atoms with Gasteiger partial charge in [0.2, 0.25) is 5.91 Å². The van der Waals surface area contributed by atoms with Crippen LogP contribution in [-0.2, 0) is 4.79 Å². The van der Waals surface area contributed by atoms with Gasteiger partial charge in [-0.3, -0.25) is 9.69 Å². The predicted octanol–water partition coefficient (Wildman–Crippen LogP) is 3.46. The molecule has 5 nitrogen and oxygen atoms in total. The molecule has 4 aliphatic carbocycles. The second kappa shape index (κ2) is 5.87. The van der Waals surface area contributed by atoms with E-state index in [1.54, 1.807) is 6.07 Å². The summed E-state index contributed by atoms with van der Waals surface area (Å²) < 4.78 is 5.02. The third-order valence-corrected chi connectivity index (χ3v) is 6.67. The topological polar surface area (TPSA) is 58.4 Å². The molecule has 24 heavy (non-hydrogen) atoms. The highest BCUT2D eigenvalue weighted by atomic mass is 16.5. The van der Waals surface area contributed by atoms with E-state index in [0.29, 0.717) is 17.0 Å². The normalized spacial score (nSPS) is 35.4. The molecule has 1 heterocycles. The van der Waals surface area contributed by atoms with Crippen LogP contribution in [0, 0.1) is 30.1 Å². The zero-order valence-electron chi connectivity index (χ0n) is 15.0. The molecule has 0 aromatic carbocycles. The molecule has 4 fully saturated rings. The summed E-state index contributed by atoms with van der Waals surface area (Å²) in [5, 5.41) is 6.72. The van der Waals surface area contributed by atoms with Gasteiger partial charge >= 0.3 is 0 Å². The van der Waals surface area contributed by atoms with Gasteiger partial charge in [0.05, 0.1) is 6.04 Å². The average molecular weight is 331 g/mol. The van der Waals surface area contributed by atoms with Crippen molar-refractivity contribution in [2.24, 2.45) is 23.2 Å². The Kier molecular flexibility index (Phi) is 3.94. The van der Waals surface area contributed by atoms with Gasteiger partial charge in [0.25, 0.3) is 0 Å². The van der Waals surface area contributed by atoms with Crippen molar-refractivity contribution in [3.05, 3.63) is 11.8 Å². The van der Waals surface area contributed by atoms with E-state index in [-0.39, 0.29) is 11.9 Å². The van der Waals surface area contributed by atoms with Gasteiger partial charge in [-0.1, -0.05) is 5.16 Å². The lowest BCUT2D eigenvalue weighted by Gasteiger charge is -2.58. The number of nitrogens with one attached hydrogen (secondary N) is 1. The van der Waals surface area contributed by atoms with E-state index < -0.39 is 0 Å². The highest BCUT2D eigenvalue weighted by molar-refractivity contribution is 5.93. The Morgan fingerprint density at radius 2 is 1.92 bits per heavy atom. The van der Waals surface area contributed by atoms with Gasteiger partial charge in [-0.25, -0.2) is 0 Å². The number of likely N-dealkylation sites (N-methyl/N-ethyl adjacent to an activating group) is 1. The molecule has 0 spiro atoms. The van der Waals surface area contributed by atoms with Gasteiger partial charge in [-0.2, -0.15) is 0 Å². The Balaban J connectivity index is 1.38. The molecule has 1 amide bonds. The van der Waals surface area contributed by atoms with E-state index in [1.807, 2.05) is 13.8 Å². The van der Waals surface area contributed by atoms with Crippen LogP contribution < -0.4 is 5.32 Å². The molecule has 1 aromatic heterocycles. The number of aryl methyl sites for hydroxylation is 1. The van der Waals surface area contributed by atoms with Crippen LogP contribution in [0.2, 0.25) is 0 Å². The first-order chi connectivity index (χ1) is 11.4. The largest absolute Gasteiger partial charge is 0.360 e. The van der Waals surface area contributed by atoms with E-state index in [1.165, 1.54) is 38.5 Å². The lowest BCUT2D eigenvalue weighted by molar-refractivity contribution is -0.122. The fraction of sp³-hybridized carbons (Fsp3) is 0.789. The van der Waals surface area contributed by atoms with Crippen molar-refractivity contribution in [3.8, 4) is 0 Å². The number of carbonyl (C=O) groups is 1. The first-order valence-electron chi connectivity index (χ1n) is 9.37. The number of hydrogen-bond acceptors (Lipinski definition) is 4. The number of amides is 1. The Morgan fingerprint density at radius 3 is 2.42 bits per heavy atom. The summed E-state index contributed by atoms with van der Waals surface area (Å²) in [6.07, 6.45) is 8.51. The number of carbonyl (C=O) groups excluding carboxylic acids is 1. The second-order valence-electron chi connectivity index (χ2n) is 8.82. The first kappa shape index (κ1) is 16.1. The van der Waals surface area contributed by atoms with E-state index in [4.69, 9.17) is 4.52 Å². The van der Waals surface area contributed by atoms with Crippen molar-refractivity contribution in [2.45, 2.75) is 58.4 Å². The number of hydrogen-bond donors (Lipinski definition) is 1. The highest BCUT2D eigenvalue weighted by Gasteiger charge is 2.51. The van der Waals surface area contributed by atoms with Gasteiger partial charge < -0.3 is 9.84 Å². The lowest BCUT2D eigenvalue weighted by Crippen LogP contribution is -2.53. The SMILES string of the molecule is Cc1cc(NC(=O)[C@H](C)N(C)CC23CC4CC(CC(C4)C2)C3)no1. The predicted molar refractivity (Wildman–Crippen MR) is 92.6 cm³/mol. The van der Waals surface area contributed by atoms with E-state index in [9.17, 15) is 4.79 Å². The van der Waals surface area contributed by atoms with Crippen LogP contribution in [0.5, 0.6) is 0 Å². The third kappa shape index (κ3) is 2.99. The molecular formula is C19H29N3O2. The van der Waals surface area contributed by atoms with Crippen LogP contribution in [0.3, 0.4) is 0 Å². The minimum atomic E-state index is -0.157. The summed E-state index contributed by atoms with van der Waals surface area (Å²) in [5.74, 6) is 4.06. The second-order valence-corrected chi connectivity index (χ2v) is 8.82. The quantitative estimate of drug-likeness (QED) is 0.898. The van der Waals surface area contributed by atoms with Crippen LogP contribution in [0.25, 0.3) is 0 Å². The zero-order valence-corrected chi connectivity index (χ0v) is 15.0. The Hall–Kier alpha value is -1.36. The average Bonchev–Trinajstić information content (AvgIpc) is 2.89. The summed E-state index contributed by atoms with van der Waals surface area (Å²) in [5.41, 5.74) is 0.461. The number of rotatable bonds is 5. The third-order valence-electron chi connectivity index (χ3n) is 6.67. The maximum atomic E-state index is 12.5. The van der Waals surface area contributed by atoms with Crippen LogP contribution in [0.4, 0.5) is 5.82 Å². The Labute approximate surface area is 144 Å². The summed E-state index contributed by atoms with van der Waals surface area (Å²) in [6.45, 7) is 4.86. The Morgan fingerprint density at radius 1 is 1.33 bits per heavy atom. The molecule has 0 aliphatic heterocycles. The summed E-state index contributed by atoms with van der Waals surface area (Å²) in [7, 11) is 2.09.